The van der Waals surface area contributed by atoms with Crippen LogP contribution in [0.15, 0.2) is 18.2 Å². The van der Waals surface area contributed by atoms with Crippen LogP contribution in [0.1, 0.15) is 20.3 Å². The second kappa shape index (κ2) is 5.99. The Morgan fingerprint density at radius 1 is 1.58 bits per heavy atom. The van der Waals surface area contributed by atoms with E-state index in [1.807, 2.05) is 6.92 Å². The van der Waals surface area contributed by atoms with Crippen LogP contribution in [-0.2, 0) is 4.79 Å². The van der Waals surface area contributed by atoms with E-state index in [-0.39, 0.29) is 23.2 Å². The number of nitrogens with one attached hydrogen (secondary N) is 1. The molecule has 104 valence electrons. The number of anilines is 1. The number of amides is 1. The lowest BCUT2D eigenvalue weighted by Crippen LogP contribution is -2.39. The van der Waals surface area contributed by atoms with Crippen molar-refractivity contribution in [2.24, 2.45) is 11.1 Å². The molecule has 0 aromatic heterocycles. The topological polar surface area (TPSA) is 98.3 Å². The van der Waals surface area contributed by atoms with E-state index in [4.69, 9.17) is 17.3 Å². The van der Waals surface area contributed by atoms with Crippen LogP contribution in [0.4, 0.5) is 11.4 Å². The summed E-state index contributed by atoms with van der Waals surface area (Å²) in [4.78, 5) is 22.2. The van der Waals surface area contributed by atoms with Gasteiger partial charge in [0.25, 0.3) is 5.69 Å². The van der Waals surface area contributed by atoms with Crippen molar-refractivity contribution >= 4 is 28.9 Å². The van der Waals surface area contributed by atoms with E-state index in [0.29, 0.717) is 12.1 Å². The Morgan fingerprint density at radius 3 is 2.68 bits per heavy atom. The molecule has 1 amide bonds. The van der Waals surface area contributed by atoms with E-state index in [2.05, 4.69) is 5.32 Å². The zero-order valence-corrected chi connectivity index (χ0v) is 11.5. The highest BCUT2D eigenvalue weighted by Crippen LogP contribution is 2.29. The lowest BCUT2D eigenvalue weighted by Gasteiger charge is -2.24. The maximum atomic E-state index is 12.1. The largest absolute Gasteiger partial charge is 0.329 e. The van der Waals surface area contributed by atoms with Gasteiger partial charge in [-0.25, -0.2) is 0 Å². The second-order valence-electron chi connectivity index (χ2n) is 4.50. The SMILES string of the molecule is CCC(C)(CN)C(=O)Nc1ccc(Cl)c([N+](=O)[O-])c1. The molecule has 0 saturated carbocycles. The highest BCUT2D eigenvalue weighted by atomic mass is 35.5. The van der Waals surface area contributed by atoms with Crippen molar-refractivity contribution in [2.45, 2.75) is 20.3 Å². The molecule has 3 N–H and O–H groups in total. The summed E-state index contributed by atoms with van der Waals surface area (Å²) in [5, 5.41) is 13.4. The molecule has 6 nitrogen and oxygen atoms in total. The Kier molecular flexibility index (Phi) is 4.85. The number of nitro groups is 1. The van der Waals surface area contributed by atoms with Crippen LogP contribution in [0.25, 0.3) is 0 Å². The van der Waals surface area contributed by atoms with Crippen LogP contribution in [0.5, 0.6) is 0 Å². The lowest BCUT2D eigenvalue weighted by molar-refractivity contribution is -0.384. The first-order valence-corrected chi connectivity index (χ1v) is 6.17. The van der Waals surface area contributed by atoms with Gasteiger partial charge in [-0.3, -0.25) is 14.9 Å². The number of benzene rings is 1. The molecule has 0 bridgehead atoms. The molecular weight excluding hydrogens is 270 g/mol. The first-order valence-electron chi connectivity index (χ1n) is 5.79. The van der Waals surface area contributed by atoms with Crippen LogP contribution >= 0.6 is 11.6 Å². The van der Waals surface area contributed by atoms with Crippen LogP contribution in [0.2, 0.25) is 5.02 Å². The number of carbonyl (C=O) groups excluding carboxylic acids is 1. The fourth-order valence-corrected chi connectivity index (χ4v) is 1.60. The monoisotopic (exact) mass is 285 g/mol. The normalized spacial score (nSPS) is 13.7. The number of rotatable bonds is 5. The molecule has 1 rings (SSSR count). The summed E-state index contributed by atoms with van der Waals surface area (Å²) < 4.78 is 0. The van der Waals surface area contributed by atoms with E-state index >= 15 is 0 Å². The van der Waals surface area contributed by atoms with E-state index in [1.54, 1.807) is 6.92 Å². The smallest absolute Gasteiger partial charge is 0.289 e. The summed E-state index contributed by atoms with van der Waals surface area (Å²) in [5.74, 6) is -0.269. The second-order valence-corrected chi connectivity index (χ2v) is 4.90. The molecule has 0 aliphatic carbocycles. The summed E-state index contributed by atoms with van der Waals surface area (Å²) in [6.45, 7) is 3.80. The van der Waals surface area contributed by atoms with Crippen molar-refractivity contribution in [3.8, 4) is 0 Å². The fraction of sp³-hybridized carbons (Fsp3) is 0.417. The van der Waals surface area contributed by atoms with Gasteiger partial charge < -0.3 is 11.1 Å². The predicted molar refractivity (Wildman–Crippen MR) is 74.2 cm³/mol. The Labute approximate surface area is 116 Å². The molecule has 0 saturated heterocycles. The van der Waals surface area contributed by atoms with Crippen LogP contribution in [0.3, 0.4) is 0 Å². The van der Waals surface area contributed by atoms with Crippen molar-refractivity contribution in [1.29, 1.82) is 0 Å². The summed E-state index contributed by atoms with van der Waals surface area (Å²) in [6.07, 6.45) is 0.574. The number of hydrogen-bond acceptors (Lipinski definition) is 4. The summed E-state index contributed by atoms with van der Waals surface area (Å²) >= 11 is 5.70. The maximum absolute atomic E-state index is 12.1. The van der Waals surface area contributed by atoms with Gasteiger partial charge in [-0.15, -0.1) is 0 Å². The summed E-state index contributed by atoms with van der Waals surface area (Å²) in [7, 11) is 0. The minimum atomic E-state index is -0.700. The Balaban J connectivity index is 2.98. The first kappa shape index (κ1) is 15.4. The highest BCUT2D eigenvalue weighted by Gasteiger charge is 2.30. The average molecular weight is 286 g/mol. The number of halogens is 1. The fourth-order valence-electron chi connectivity index (χ4n) is 1.41. The molecule has 7 heteroatoms. The third-order valence-corrected chi connectivity index (χ3v) is 3.50. The summed E-state index contributed by atoms with van der Waals surface area (Å²) in [5.41, 5.74) is 4.97. The zero-order valence-electron chi connectivity index (χ0n) is 10.8. The minimum absolute atomic E-state index is 0.0278. The van der Waals surface area contributed by atoms with Gasteiger partial charge in [0, 0.05) is 18.3 Å². The maximum Gasteiger partial charge on any atom is 0.289 e. The third kappa shape index (κ3) is 3.42. The Morgan fingerprint density at radius 2 is 2.21 bits per heavy atom. The molecule has 0 spiro atoms. The highest BCUT2D eigenvalue weighted by molar-refractivity contribution is 6.32. The van der Waals surface area contributed by atoms with Gasteiger partial charge in [-0.05, 0) is 25.5 Å². The van der Waals surface area contributed by atoms with Gasteiger partial charge in [-0.1, -0.05) is 18.5 Å². The third-order valence-electron chi connectivity index (χ3n) is 3.18. The van der Waals surface area contributed by atoms with Gasteiger partial charge in [0.15, 0.2) is 0 Å². The van der Waals surface area contributed by atoms with Crippen LogP contribution < -0.4 is 11.1 Å². The van der Waals surface area contributed by atoms with Gasteiger partial charge >= 0.3 is 0 Å². The molecule has 1 atom stereocenters. The quantitative estimate of drug-likeness (QED) is 0.641. The molecule has 1 unspecified atom stereocenters. The minimum Gasteiger partial charge on any atom is -0.329 e. The molecule has 0 heterocycles. The van der Waals surface area contributed by atoms with E-state index in [9.17, 15) is 14.9 Å². The summed E-state index contributed by atoms with van der Waals surface area (Å²) in [6, 6.07) is 4.12. The van der Waals surface area contributed by atoms with Gasteiger partial charge in [0.2, 0.25) is 5.91 Å². The predicted octanol–water partition coefficient (Wildman–Crippen LogP) is 2.56. The Hall–Kier alpha value is -1.66. The Bertz CT molecular complexity index is 501. The standard InChI is InChI=1S/C12H16ClN3O3/c1-3-12(2,7-14)11(17)15-8-4-5-9(13)10(6-8)16(18)19/h4-6H,3,7,14H2,1-2H3,(H,15,17). The van der Waals surface area contributed by atoms with Crippen molar-refractivity contribution < 1.29 is 9.72 Å². The number of carbonyl (C=O) groups is 1. The van der Waals surface area contributed by atoms with Gasteiger partial charge in [0.1, 0.15) is 5.02 Å². The van der Waals surface area contributed by atoms with Gasteiger partial charge in [-0.2, -0.15) is 0 Å². The van der Waals surface area contributed by atoms with Gasteiger partial charge in [0.05, 0.1) is 10.3 Å². The number of nitro benzene ring substituents is 1. The van der Waals surface area contributed by atoms with Crippen molar-refractivity contribution in [3.05, 3.63) is 33.3 Å². The van der Waals surface area contributed by atoms with Crippen molar-refractivity contribution in [3.63, 3.8) is 0 Å². The number of nitrogens with two attached hydrogens (primary N) is 1. The molecule has 19 heavy (non-hydrogen) atoms. The molecule has 1 aromatic rings. The molecule has 0 aliphatic heterocycles. The first-order chi connectivity index (χ1) is 8.84. The van der Waals surface area contributed by atoms with E-state index < -0.39 is 10.3 Å². The zero-order chi connectivity index (χ0) is 14.6. The molecule has 1 aromatic carbocycles. The van der Waals surface area contributed by atoms with Crippen molar-refractivity contribution in [2.75, 3.05) is 11.9 Å². The molecule has 0 aliphatic rings. The number of nitrogens with zero attached hydrogens (tertiary/aromatic N) is 1. The van der Waals surface area contributed by atoms with Crippen LogP contribution in [-0.4, -0.2) is 17.4 Å². The number of hydrogen-bond donors (Lipinski definition) is 2. The van der Waals surface area contributed by atoms with Crippen LogP contribution in [0, 0.1) is 15.5 Å². The van der Waals surface area contributed by atoms with E-state index in [0.717, 1.165) is 0 Å². The van der Waals surface area contributed by atoms with Crippen molar-refractivity contribution in [1.82, 2.24) is 0 Å². The average Bonchev–Trinajstić information content (AvgIpc) is 2.39. The molecular formula is C12H16ClN3O3. The molecule has 0 fully saturated rings. The molecule has 0 radical (unpaired) electrons. The van der Waals surface area contributed by atoms with E-state index in [1.165, 1.54) is 18.2 Å². The lowest BCUT2D eigenvalue weighted by atomic mass is 9.86.